The molecule has 35 heavy (non-hydrogen) atoms. The van der Waals surface area contributed by atoms with Crippen molar-refractivity contribution >= 4 is 10.9 Å². The van der Waals surface area contributed by atoms with Gasteiger partial charge in [0.2, 0.25) is 5.66 Å². The van der Waals surface area contributed by atoms with Gasteiger partial charge in [-0.3, -0.25) is 4.98 Å². The summed E-state index contributed by atoms with van der Waals surface area (Å²) in [6.07, 6.45) is -2.93. The third-order valence-corrected chi connectivity index (χ3v) is 5.85. The number of aromatic nitrogens is 1. The summed E-state index contributed by atoms with van der Waals surface area (Å²) in [5.74, 6) is 2.09. The lowest BCUT2D eigenvalue weighted by Crippen LogP contribution is -2.29. The summed E-state index contributed by atoms with van der Waals surface area (Å²) in [6.45, 7) is 1.93. The highest BCUT2D eigenvalue weighted by Gasteiger charge is 2.65. The Morgan fingerprint density at radius 2 is 1.20 bits per heavy atom. The molecule has 7 nitrogen and oxygen atoms in total. The molecule has 0 radical (unpaired) electrons. The molecule has 2 aliphatic heterocycles. The van der Waals surface area contributed by atoms with Crippen LogP contribution in [0.2, 0.25) is 0 Å². The predicted molar refractivity (Wildman–Crippen MR) is 120 cm³/mol. The van der Waals surface area contributed by atoms with Gasteiger partial charge in [0.05, 0.1) is 11.7 Å². The number of ether oxygens (including phenoxy) is 2. The Morgan fingerprint density at radius 1 is 0.657 bits per heavy atom. The number of nitrogens with zero attached hydrogens (tertiary/aromatic N) is 5. The molecule has 4 aromatic rings. The summed E-state index contributed by atoms with van der Waals surface area (Å²) in [7, 11) is 0. The third-order valence-electron chi connectivity index (χ3n) is 5.85. The van der Waals surface area contributed by atoms with Crippen molar-refractivity contribution in [2.24, 2.45) is 20.5 Å². The minimum Gasteiger partial charge on any atom is -0.457 e. The van der Waals surface area contributed by atoms with Crippen molar-refractivity contribution in [1.82, 2.24) is 4.98 Å². The second kappa shape index (κ2) is 7.33. The lowest BCUT2D eigenvalue weighted by Gasteiger charge is -2.15. The van der Waals surface area contributed by atoms with E-state index in [0.717, 1.165) is 16.5 Å². The molecular weight excluding hydrogens is 459 g/mol. The second-order valence-corrected chi connectivity index (χ2v) is 8.37. The Balaban J connectivity index is 1.18. The molecular formula is C25H16F3N5O2. The fraction of sp³-hybridized carbons (Fsp3) is 0.160. The number of fused-ring (bicyclic) bond motifs is 1. The molecule has 2 aliphatic rings. The van der Waals surface area contributed by atoms with Gasteiger partial charge in [0.25, 0.3) is 0 Å². The van der Waals surface area contributed by atoms with E-state index >= 15 is 0 Å². The monoisotopic (exact) mass is 475 g/mol. The van der Waals surface area contributed by atoms with Crippen LogP contribution in [0.25, 0.3) is 10.9 Å². The molecule has 3 aromatic carbocycles. The van der Waals surface area contributed by atoms with E-state index in [2.05, 4.69) is 25.4 Å². The van der Waals surface area contributed by atoms with E-state index in [4.69, 9.17) is 9.47 Å². The fourth-order valence-corrected chi connectivity index (χ4v) is 3.71. The maximum atomic E-state index is 13.2. The quantitative estimate of drug-likeness (QED) is 0.287. The minimum absolute atomic E-state index is 0.0510. The van der Waals surface area contributed by atoms with E-state index < -0.39 is 17.5 Å². The lowest BCUT2D eigenvalue weighted by atomic mass is 10.0. The molecule has 3 heterocycles. The van der Waals surface area contributed by atoms with Crippen LogP contribution in [0, 0.1) is 0 Å². The van der Waals surface area contributed by atoms with Crippen LogP contribution in [0.3, 0.4) is 0 Å². The van der Waals surface area contributed by atoms with Gasteiger partial charge in [-0.15, -0.1) is 10.2 Å². The van der Waals surface area contributed by atoms with Crippen molar-refractivity contribution in [3.05, 3.63) is 90.1 Å². The zero-order valence-electron chi connectivity index (χ0n) is 18.2. The van der Waals surface area contributed by atoms with Gasteiger partial charge in [-0.2, -0.15) is 23.4 Å². The smallest absolute Gasteiger partial charge is 0.442 e. The molecule has 0 fully saturated rings. The van der Waals surface area contributed by atoms with E-state index in [1.807, 2.05) is 37.3 Å². The topological polar surface area (TPSA) is 80.8 Å². The normalized spacial score (nSPS) is 16.8. The number of hydrogen-bond donors (Lipinski definition) is 0. The zero-order valence-corrected chi connectivity index (χ0v) is 18.2. The standard InChI is InChI=1S/C25H16F3N5O2/c1-23(30-31-23)16-2-6-19(7-3-16)35-21-13-15-12-20(10-11-22(15)29-14-21)34-18-8-4-17(5-9-18)24(32-33-24)25(26,27)28/h2-14H,1H3. The number of alkyl halides is 3. The summed E-state index contributed by atoms with van der Waals surface area (Å²) >= 11 is 0. The van der Waals surface area contributed by atoms with Crippen LogP contribution < -0.4 is 9.47 Å². The van der Waals surface area contributed by atoms with E-state index in [-0.39, 0.29) is 5.56 Å². The Kier molecular flexibility index (Phi) is 4.44. The van der Waals surface area contributed by atoms with Gasteiger partial charge in [-0.25, -0.2) is 0 Å². The summed E-state index contributed by atoms with van der Waals surface area (Å²) in [6, 6.07) is 20.2. The van der Waals surface area contributed by atoms with Gasteiger partial charge < -0.3 is 9.47 Å². The maximum absolute atomic E-state index is 13.2. The number of hydrogen-bond acceptors (Lipinski definition) is 7. The Morgan fingerprint density at radius 3 is 1.77 bits per heavy atom. The maximum Gasteiger partial charge on any atom is 0.442 e. The molecule has 0 unspecified atom stereocenters. The first kappa shape index (κ1) is 21.2. The van der Waals surface area contributed by atoms with Crippen LogP contribution in [-0.2, 0) is 11.3 Å². The summed E-state index contributed by atoms with van der Waals surface area (Å²) in [4.78, 5) is 4.42. The van der Waals surface area contributed by atoms with Crippen molar-refractivity contribution in [2.45, 2.75) is 24.4 Å². The average Bonchev–Trinajstić information content (AvgIpc) is 3.76. The number of halogens is 3. The van der Waals surface area contributed by atoms with Crippen LogP contribution >= 0.6 is 0 Å². The largest absolute Gasteiger partial charge is 0.457 e. The molecule has 0 bridgehead atoms. The van der Waals surface area contributed by atoms with Gasteiger partial charge in [-0.05, 0) is 55.5 Å². The van der Waals surface area contributed by atoms with Crippen molar-refractivity contribution in [2.75, 3.05) is 0 Å². The van der Waals surface area contributed by atoms with Gasteiger partial charge in [0.15, 0.2) is 0 Å². The van der Waals surface area contributed by atoms with E-state index in [0.29, 0.717) is 23.0 Å². The van der Waals surface area contributed by atoms with E-state index in [1.165, 1.54) is 24.3 Å². The molecule has 0 aliphatic carbocycles. The molecule has 0 N–H and O–H groups in total. The second-order valence-electron chi connectivity index (χ2n) is 8.37. The van der Waals surface area contributed by atoms with Crippen LogP contribution in [0.15, 0.2) is 99.5 Å². The van der Waals surface area contributed by atoms with Crippen molar-refractivity contribution < 1.29 is 22.6 Å². The van der Waals surface area contributed by atoms with Crippen LogP contribution in [-0.4, -0.2) is 11.2 Å². The van der Waals surface area contributed by atoms with E-state index in [1.54, 1.807) is 24.4 Å². The van der Waals surface area contributed by atoms with Crippen molar-refractivity contribution in [1.29, 1.82) is 0 Å². The summed E-state index contributed by atoms with van der Waals surface area (Å²) in [5, 5.41) is 15.3. The predicted octanol–water partition coefficient (Wildman–Crippen LogP) is 7.64. The molecule has 0 saturated carbocycles. The third kappa shape index (κ3) is 3.86. The first-order chi connectivity index (χ1) is 16.7. The SMILES string of the molecule is CC1(c2ccc(Oc3cnc4ccc(Oc5ccc(C6(C(F)(F)F)N=N6)cc5)cc4c3)cc2)N=N1. The highest BCUT2D eigenvalue weighted by molar-refractivity contribution is 5.81. The van der Waals surface area contributed by atoms with Crippen LogP contribution in [0.5, 0.6) is 23.0 Å². The van der Waals surface area contributed by atoms with Gasteiger partial charge in [0, 0.05) is 16.5 Å². The average molecular weight is 475 g/mol. The van der Waals surface area contributed by atoms with Crippen molar-refractivity contribution in [3.8, 4) is 23.0 Å². The molecule has 174 valence electrons. The Bertz CT molecular complexity index is 1490. The van der Waals surface area contributed by atoms with Gasteiger partial charge >= 0.3 is 11.8 Å². The highest BCUT2D eigenvalue weighted by Crippen LogP contribution is 2.52. The molecule has 0 spiro atoms. The fourth-order valence-electron chi connectivity index (χ4n) is 3.71. The lowest BCUT2D eigenvalue weighted by molar-refractivity contribution is -0.166. The molecule has 0 atom stereocenters. The first-order valence-corrected chi connectivity index (χ1v) is 10.7. The number of rotatable bonds is 6. The Hall–Kier alpha value is -4.34. The van der Waals surface area contributed by atoms with Crippen molar-refractivity contribution in [3.63, 3.8) is 0 Å². The first-order valence-electron chi connectivity index (χ1n) is 10.7. The summed E-state index contributed by atoms with van der Waals surface area (Å²) < 4.78 is 51.3. The molecule has 10 heteroatoms. The number of benzene rings is 3. The summed E-state index contributed by atoms with van der Waals surface area (Å²) in [5.41, 5.74) is -1.21. The highest BCUT2D eigenvalue weighted by atomic mass is 19.4. The molecule has 0 saturated heterocycles. The number of pyridine rings is 1. The minimum atomic E-state index is -4.57. The zero-order chi connectivity index (χ0) is 24.3. The van der Waals surface area contributed by atoms with Gasteiger partial charge in [-0.1, -0.05) is 24.3 Å². The van der Waals surface area contributed by atoms with Gasteiger partial charge in [0.1, 0.15) is 23.0 Å². The molecule has 0 amide bonds. The molecule has 6 rings (SSSR count). The van der Waals surface area contributed by atoms with Crippen LogP contribution in [0.1, 0.15) is 18.1 Å². The molecule has 1 aromatic heterocycles. The van der Waals surface area contributed by atoms with Crippen LogP contribution in [0.4, 0.5) is 13.2 Å². The Labute approximate surface area is 197 Å². The van der Waals surface area contributed by atoms with E-state index in [9.17, 15) is 13.2 Å².